The molecule has 8 heteroatoms. The quantitative estimate of drug-likeness (QED) is 0.360. The number of anilines is 1. The molecule has 3 aromatic carbocycles. The molecular formula is C32H31N5O3. The van der Waals surface area contributed by atoms with Gasteiger partial charge in [-0.2, -0.15) is 5.26 Å². The number of rotatable bonds is 5. The molecule has 0 atom stereocenters. The standard InChI is InChI=1S/C32H31N5O3/c1-22-4-12-27(13-5-22)37-23(2)29(20-30(37)25-8-14-28(40-3)15-9-25)31(38)35-16-18-36(19-17-35)32(39)34-26-10-6-24(21-33)7-11-26/h4-15,20H,16-19H2,1-3H3,(H,34,39). The first kappa shape index (κ1) is 26.6. The minimum absolute atomic E-state index is 0.0507. The van der Waals surface area contributed by atoms with E-state index < -0.39 is 0 Å². The summed E-state index contributed by atoms with van der Waals surface area (Å²) in [5.41, 5.74) is 6.71. The molecule has 1 saturated heterocycles. The molecule has 0 aliphatic carbocycles. The third-order valence-electron chi connectivity index (χ3n) is 7.27. The van der Waals surface area contributed by atoms with E-state index in [0.717, 1.165) is 34.0 Å². The fraction of sp³-hybridized carbons (Fsp3) is 0.219. The van der Waals surface area contributed by atoms with Crippen LogP contribution in [0.1, 0.15) is 27.2 Å². The Kier molecular flexibility index (Phi) is 7.56. The van der Waals surface area contributed by atoms with E-state index in [0.29, 0.717) is 43.0 Å². The molecule has 0 bridgehead atoms. The van der Waals surface area contributed by atoms with Crippen molar-refractivity contribution in [3.05, 3.63) is 101 Å². The van der Waals surface area contributed by atoms with Crippen molar-refractivity contribution in [2.45, 2.75) is 13.8 Å². The van der Waals surface area contributed by atoms with Crippen LogP contribution in [0.5, 0.6) is 5.75 Å². The Bertz CT molecular complexity index is 1560. The molecule has 5 rings (SSSR count). The van der Waals surface area contributed by atoms with Gasteiger partial charge < -0.3 is 24.4 Å². The van der Waals surface area contributed by atoms with Crippen LogP contribution < -0.4 is 10.1 Å². The van der Waals surface area contributed by atoms with Crippen LogP contribution in [-0.4, -0.2) is 59.6 Å². The number of benzene rings is 3. The SMILES string of the molecule is COc1ccc(-c2cc(C(=O)N3CCN(C(=O)Nc4ccc(C#N)cc4)CC3)c(C)n2-c2ccc(C)cc2)cc1. The van der Waals surface area contributed by atoms with E-state index in [9.17, 15) is 9.59 Å². The van der Waals surface area contributed by atoms with Crippen molar-refractivity contribution in [3.8, 4) is 28.8 Å². The number of hydrogen-bond acceptors (Lipinski definition) is 4. The zero-order chi connectivity index (χ0) is 28.2. The van der Waals surface area contributed by atoms with Crippen molar-refractivity contribution in [2.75, 3.05) is 38.6 Å². The highest BCUT2D eigenvalue weighted by atomic mass is 16.5. The second kappa shape index (κ2) is 11.4. The number of aryl methyl sites for hydroxylation is 1. The average Bonchev–Trinajstić information content (AvgIpc) is 3.34. The zero-order valence-electron chi connectivity index (χ0n) is 22.8. The summed E-state index contributed by atoms with van der Waals surface area (Å²) in [4.78, 5) is 30.1. The lowest BCUT2D eigenvalue weighted by Gasteiger charge is -2.34. The number of methoxy groups -OCH3 is 1. The van der Waals surface area contributed by atoms with Gasteiger partial charge in [-0.3, -0.25) is 4.79 Å². The molecule has 0 spiro atoms. The van der Waals surface area contributed by atoms with Gasteiger partial charge in [0, 0.05) is 43.2 Å². The van der Waals surface area contributed by atoms with Gasteiger partial charge >= 0.3 is 6.03 Å². The molecule has 2 heterocycles. The number of nitrogens with one attached hydrogen (secondary N) is 1. The minimum Gasteiger partial charge on any atom is -0.497 e. The first-order chi connectivity index (χ1) is 19.4. The Morgan fingerprint density at radius 3 is 2.08 bits per heavy atom. The highest BCUT2D eigenvalue weighted by molar-refractivity contribution is 5.97. The maximum absolute atomic E-state index is 13.8. The second-order valence-electron chi connectivity index (χ2n) is 9.83. The number of nitriles is 1. The summed E-state index contributed by atoms with van der Waals surface area (Å²) in [7, 11) is 1.64. The Morgan fingerprint density at radius 2 is 1.48 bits per heavy atom. The normalized spacial score (nSPS) is 13.1. The predicted octanol–water partition coefficient (Wildman–Crippen LogP) is 5.63. The van der Waals surface area contributed by atoms with Gasteiger partial charge in [-0.15, -0.1) is 0 Å². The monoisotopic (exact) mass is 533 g/mol. The summed E-state index contributed by atoms with van der Waals surface area (Å²) < 4.78 is 7.46. The van der Waals surface area contributed by atoms with E-state index in [1.54, 1.807) is 36.3 Å². The van der Waals surface area contributed by atoms with Gasteiger partial charge in [0.15, 0.2) is 0 Å². The van der Waals surface area contributed by atoms with Crippen molar-refractivity contribution < 1.29 is 14.3 Å². The molecule has 202 valence electrons. The Labute approximate surface area is 234 Å². The fourth-order valence-corrected chi connectivity index (χ4v) is 4.94. The van der Waals surface area contributed by atoms with Crippen molar-refractivity contribution >= 4 is 17.6 Å². The summed E-state index contributed by atoms with van der Waals surface area (Å²) in [6.45, 7) is 5.75. The Hall–Kier alpha value is -5.03. The number of aromatic nitrogens is 1. The minimum atomic E-state index is -0.222. The maximum atomic E-state index is 13.8. The molecule has 0 saturated carbocycles. The number of hydrogen-bond donors (Lipinski definition) is 1. The average molecular weight is 534 g/mol. The van der Waals surface area contributed by atoms with Gasteiger partial charge in [0.2, 0.25) is 0 Å². The summed E-state index contributed by atoms with van der Waals surface area (Å²) in [6, 6.07) is 26.6. The largest absolute Gasteiger partial charge is 0.497 e. The van der Waals surface area contributed by atoms with E-state index in [4.69, 9.17) is 10.00 Å². The Morgan fingerprint density at radius 1 is 0.850 bits per heavy atom. The van der Waals surface area contributed by atoms with Crippen molar-refractivity contribution in [1.29, 1.82) is 5.26 Å². The molecule has 40 heavy (non-hydrogen) atoms. The van der Waals surface area contributed by atoms with Crippen LogP contribution in [0.3, 0.4) is 0 Å². The number of amides is 3. The van der Waals surface area contributed by atoms with Crippen molar-refractivity contribution in [1.82, 2.24) is 14.4 Å². The van der Waals surface area contributed by atoms with Gasteiger partial charge in [0.05, 0.1) is 30.0 Å². The summed E-state index contributed by atoms with van der Waals surface area (Å²) in [5, 5.41) is 11.8. The van der Waals surface area contributed by atoms with Gasteiger partial charge in [-0.25, -0.2) is 4.79 Å². The van der Waals surface area contributed by atoms with Gasteiger partial charge in [0.1, 0.15) is 5.75 Å². The first-order valence-electron chi connectivity index (χ1n) is 13.2. The number of piperazine rings is 1. The molecule has 8 nitrogen and oxygen atoms in total. The van der Waals surface area contributed by atoms with Crippen LogP contribution in [0.4, 0.5) is 10.5 Å². The van der Waals surface area contributed by atoms with Crippen LogP contribution in [0.25, 0.3) is 16.9 Å². The molecule has 1 aromatic heterocycles. The molecule has 1 aliphatic heterocycles. The molecule has 4 aromatic rings. The predicted molar refractivity (Wildman–Crippen MR) is 155 cm³/mol. The molecule has 0 radical (unpaired) electrons. The van der Waals surface area contributed by atoms with E-state index in [1.165, 1.54) is 0 Å². The highest BCUT2D eigenvalue weighted by Crippen LogP contribution is 2.31. The lowest BCUT2D eigenvalue weighted by atomic mass is 10.1. The zero-order valence-corrected chi connectivity index (χ0v) is 22.8. The lowest BCUT2D eigenvalue weighted by molar-refractivity contribution is 0.0671. The summed E-state index contributed by atoms with van der Waals surface area (Å²) in [6.07, 6.45) is 0. The smallest absolute Gasteiger partial charge is 0.321 e. The van der Waals surface area contributed by atoms with Gasteiger partial charge in [0.25, 0.3) is 5.91 Å². The van der Waals surface area contributed by atoms with Crippen LogP contribution in [0.15, 0.2) is 78.9 Å². The van der Waals surface area contributed by atoms with Gasteiger partial charge in [-0.1, -0.05) is 17.7 Å². The van der Waals surface area contributed by atoms with E-state index in [1.807, 2.05) is 42.2 Å². The van der Waals surface area contributed by atoms with E-state index >= 15 is 0 Å². The highest BCUT2D eigenvalue weighted by Gasteiger charge is 2.28. The first-order valence-corrected chi connectivity index (χ1v) is 13.2. The number of carbonyl (C=O) groups excluding carboxylic acids is 2. The maximum Gasteiger partial charge on any atom is 0.321 e. The molecule has 0 unspecified atom stereocenters. The number of nitrogens with zero attached hydrogens (tertiary/aromatic N) is 4. The Balaban J connectivity index is 1.35. The molecule has 1 fully saturated rings. The number of carbonyl (C=O) groups is 2. The summed E-state index contributed by atoms with van der Waals surface area (Å²) >= 11 is 0. The number of ether oxygens (including phenoxy) is 1. The molecule has 3 amide bonds. The van der Waals surface area contributed by atoms with Gasteiger partial charge in [-0.05, 0) is 86.1 Å². The third kappa shape index (κ3) is 5.40. The van der Waals surface area contributed by atoms with E-state index in [-0.39, 0.29) is 11.9 Å². The lowest BCUT2D eigenvalue weighted by Crippen LogP contribution is -2.51. The molecule has 1 aliphatic rings. The number of urea groups is 1. The fourth-order valence-electron chi connectivity index (χ4n) is 4.94. The van der Waals surface area contributed by atoms with Crippen LogP contribution in [-0.2, 0) is 0 Å². The topological polar surface area (TPSA) is 90.6 Å². The van der Waals surface area contributed by atoms with E-state index in [2.05, 4.69) is 47.1 Å². The molecular weight excluding hydrogens is 502 g/mol. The second-order valence-corrected chi connectivity index (χ2v) is 9.83. The van der Waals surface area contributed by atoms with Crippen LogP contribution in [0.2, 0.25) is 0 Å². The summed E-state index contributed by atoms with van der Waals surface area (Å²) in [5.74, 6) is 0.719. The van der Waals surface area contributed by atoms with Crippen LogP contribution in [0, 0.1) is 25.2 Å². The van der Waals surface area contributed by atoms with Crippen molar-refractivity contribution in [3.63, 3.8) is 0 Å². The third-order valence-corrected chi connectivity index (χ3v) is 7.27. The van der Waals surface area contributed by atoms with Crippen LogP contribution >= 0.6 is 0 Å². The van der Waals surface area contributed by atoms with Crippen molar-refractivity contribution in [2.24, 2.45) is 0 Å². The molecule has 1 N–H and O–H groups in total.